The summed E-state index contributed by atoms with van der Waals surface area (Å²) in [5.74, 6) is 0.478. The van der Waals surface area contributed by atoms with Gasteiger partial charge in [0.05, 0.1) is 5.71 Å². The largest absolute Gasteiger partial charge is 0.392 e. The minimum absolute atomic E-state index is 0.302. The summed E-state index contributed by atoms with van der Waals surface area (Å²) >= 11 is 5.93. The first kappa shape index (κ1) is 12.0. The van der Waals surface area contributed by atoms with Crippen molar-refractivity contribution in [2.45, 2.75) is 44.6 Å². The van der Waals surface area contributed by atoms with Crippen molar-refractivity contribution < 1.29 is 4.84 Å². The summed E-state index contributed by atoms with van der Waals surface area (Å²) in [6, 6.07) is 7.95. The molecule has 1 aromatic carbocycles. The molecule has 0 spiro atoms. The van der Waals surface area contributed by atoms with E-state index < -0.39 is 0 Å². The molecule has 18 heavy (non-hydrogen) atoms. The van der Waals surface area contributed by atoms with Crippen LogP contribution in [0.4, 0.5) is 0 Å². The Labute approximate surface area is 113 Å². The summed E-state index contributed by atoms with van der Waals surface area (Å²) in [5, 5.41) is 5.11. The Hall–Kier alpha value is -1.02. The van der Waals surface area contributed by atoms with Gasteiger partial charge in [-0.2, -0.15) is 0 Å². The highest BCUT2D eigenvalue weighted by Crippen LogP contribution is 2.33. The highest BCUT2D eigenvalue weighted by Gasteiger charge is 2.34. The zero-order valence-electron chi connectivity index (χ0n) is 10.4. The van der Waals surface area contributed by atoms with Crippen LogP contribution in [-0.4, -0.2) is 11.8 Å². The van der Waals surface area contributed by atoms with Gasteiger partial charge in [0.1, 0.15) is 6.10 Å². The van der Waals surface area contributed by atoms with Crippen LogP contribution in [0, 0.1) is 5.92 Å². The third-order valence-electron chi connectivity index (χ3n) is 3.98. The van der Waals surface area contributed by atoms with Crippen molar-refractivity contribution in [3.63, 3.8) is 0 Å². The van der Waals surface area contributed by atoms with Crippen LogP contribution in [0.3, 0.4) is 0 Å². The van der Waals surface area contributed by atoms with E-state index in [9.17, 15) is 0 Å². The van der Waals surface area contributed by atoms with Crippen LogP contribution in [0.15, 0.2) is 29.4 Å². The number of benzene rings is 1. The lowest BCUT2D eigenvalue weighted by atomic mass is 9.84. The number of hydrogen-bond donors (Lipinski definition) is 0. The van der Waals surface area contributed by atoms with Crippen molar-refractivity contribution >= 4 is 17.3 Å². The Morgan fingerprint density at radius 1 is 1.00 bits per heavy atom. The minimum Gasteiger partial charge on any atom is -0.392 e. The van der Waals surface area contributed by atoms with Crippen molar-refractivity contribution in [1.82, 2.24) is 0 Å². The Kier molecular flexibility index (Phi) is 3.55. The van der Waals surface area contributed by atoms with Crippen molar-refractivity contribution in [2.24, 2.45) is 11.1 Å². The second kappa shape index (κ2) is 5.31. The molecule has 0 N–H and O–H groups in total. The van der Waals surface area contributed by atoms with Crippen molar-refractivity contribution in [2.75, 3.05) is 0 Å². The van der Waals surface area contributed by atoms with Gasteiger partial charge in [0.2, 0.25) is 0 Å². The Morgan fingerprint density at radius 2 is 1.72 bits per heavy atom. The summed E-state index contributed by atoms with van der Waals surface area (Å²) in [7, 11) is 0. The van der Waals surface area contributed by atoms with E-state index in [1.807, 2.05) is 24.3 Å². The van der Waals surface area contributed by atoms with E-state index in [4.69, 9.17) is 16.4 Å². The summed E-state index contributed by atoms with van der Waals surface area (Å²) in [6.45, 7) is 0. The lowest BCUT2D eigenvalue weighted by molar-refractivity contribution is 0.0479. The topological polar surface area (TPSA) is 21.6 Å². The predicted octanol–water partition coefficient (Wildman–Crippen LogP) is 4.41. The Bertz CT molecular complexity index is 440. The second-order valence-electron chi connectivity index (χ2n) is 5.23. The van der Waals surface area contributed by atoms with E-state index in [-0.39, 0.29) is 0 Å². The second-order valence-corrected chi connectivity index (χ2v) is 5.66. The summed E-state index contributed by atoms with van der Waals surface area (Å²) in [4.78, 5) is 5.64. The third-order valence-corrected chi connectivity index (χ3v) is 4.23. The molecule has 1 saturated carbocycles. The van der Waals surface area contributed by atoms with Gasteiger partial charge >= 0.3 is 0 Å². The molecular weight excluding hydrogens is 246 g/mol. The molecule has 2 nitrogen and oxygen atoms in total. The van der Waals surface area contributed by atoms with Crippen LogP contribution in [0.25, 0.3) is 0 Å². The molecule has 0 bridgehead atoms. The van der Waals surface area contributed by atoms with Gasteiger partial charge in [-0.1, -0.05) is 48.2 Å². The highest BCUT2D eigenvalue weighted by atomic mass is 35.5. The molecule has 0 saturated heterocycles. The van der Waals surface area contributed by atoms with Crippen LogP contribution in [-0.2, 0) is 4.84 Å². The first-order chi connectivity index (χ1) is 8.84. The molecule has 96 valence electrons. The number of oxime groups is 1. The number of fused-ring (bicyclic) bond motifs is 1. The lowest BCUT2D eigenvalue weighted by Crippen LogP contribution is -2.25. The van der Waals surface area contributed by atoms with Gasteiger partial charge in [-0.25, -0.2) is 0 Å². The van der Waals surface area contributed by atoms with E-state index >= 15 is 0 Å². The molecule has 1 aliphatic heterocycles. The smallest absolute Gasteiger partial charge is 0.136 e. The van der Waals surface area contributed by atoms with Crippen molar-refractivity contribution in [3.8, 4) is 0 Å². The quantitative estimate of drug-likeness (QED) is 0.735. The van der Waals surface area contributed by atoms with Crippen LogP contribution in [0.1, 0.15) is 44.1 Å². The van der Waals surface area contributed by atoms with Gasteiger partial charge < -0.3 is 4.84 Å². The Morgan fingerprint density at radius 3 is 2.50 bits per heavy atom. The molecule has 2 atom stereocenters. The van der Waals surface area contributed by atoms with Crippen LogP contribution in [0.2, 0.25) is 5.02 Å². The maximum Gasteiger partial charge on any atom is 0.136 e. The normalized spacial score (nSPS) is 27.7. The van der Waals surface area contributed by atoms with Gasteiger partial charge in [0, 0.05) is 10.9 Å². The van der Waals surface area contributed by atoms with E-state index in [1.54, 1.807) is 0 Å². The lowest BCUT2D eigenvalue weighted by Gasteiger charge is -2.21. The fourth-order valence-corrected chi connectivity index (χ4v) is 3.09. The number of rotatable bonds is 1. The van der Waals surface area contributed by atoms with Crippen molar-refractivity contribution in [1.29, 1.82) is 0 Å². The molecule has 0 amide bonds. The number of hydrogen-bond acceptors (Lipinski definition) is 2. The summed E-state index contributed by atoms with van der Waals surface area (Å²) in [5.41, 5.74) is 2.28. The first-order valence-electron chi connectivity index (χ1n) is 6.84. The van der Waals surface area contributed by atoms with E-state index in [2.05, 4.69) is 5.16 Å². The zero-order chi connectivity index (χ0) is 12.4. The molecule has 1 fully saturated rings. The molecule has 1 heterocycles. The van der Waals surface area contributed by atoms with Crippen LogP contribution in [0.5, 0.6) is 0 Å². The molecule has 0 aromatic heterocycles. The number of halogens is 1. The SMILES string of the molecule is Clc1ccc(C2=NO[C@H]3CCCCCC[C@H]23)cc1. The first-order valence-corrected chi connectivity index (χ1v) is 7.22. The summed E-state index contributed by atoms with van der Waals surface area (Å²) < 4.78 is 0. The fraction of sp³-hybridized carbons (Fsp3) is 0.533. The zero-order valence-corrected chi connectivity index (χ0v) is 11.2. The standard InChI is InChI=1S/C15H18ClNO/c16-12-9-7-11(8-10-12)15-13-5-3-1-2-4-6-14(13)18-17-15/h7-10,13-14H,1-6H2/t13-,14-/m0/s1. The van der Waals surface area contributed by atoms with Crippen LogP contribution < -0.4 is 0 Å². The average Bonchev–Trinajstić information content (AvgIpc) is 2.72. The van der Waals surface area contributed by atoms with Gasteiger partial charge in [-0.3, -0.25) is 0 Å². The van der Waals surface area contributed by atoms with E-state index in [0.29, 0.717) is 12.0 Å². The maximum atomic E-state index is 5.93. The van der Waals surface area contributed by atoms with Gasteiger partial charge in [0.15, 0.2) is 0 Å². The van der Waals surface area contributed by atoms with Gasteiger partial charge in [-0.15, -0.1) is 0 Å². The predicted molar refractivity (Wildman–Crippen MR) is 74.1 cm³/mol. The Balaban J connectivity index is 1.81. The average molecular weight is 264 g/mol. The molecule has 1 aliphatic carbocycles. The van der Waals surface area contributed by atoms with Gasteiger partial charge in [0.25, 0.3) is 0 Å². The molecule has 2 aliphatic rings. The summed E-state index contributed by atoms with van der Waals surface area (Å²) in [6.07, 6.45) is 7.88. The molecule has 3 heteroatoms. The van der Waals surface area contributed by atoms with Crippen molar-refractivity contribution in [3.05, 3.63) is 34.9 Å². The molecular formula is C15H18ClNO. The number of nitrogens with zero attached hydrogens (tertiary/aromatic N) is 1. The minimum atomic E-state index is 0.302. The third kappa shape index (κ3) is 2.39. The molecule has 3 rings (SSSR count). The van der Waals surface area contributed by atoms with Gasteiger partial charge in [-0.05, 0) is 37.0 Å². The molecule has 0 radical (unpaired) electrons. The molecule has 1 aromatic rings. The fourth-order valence-electron chi connectivity index (χ4n) is 2.97. The molecule has 0 unspecified atom stereocenters. The van der Waals surface area contributed by atoms with E-state index in [0.717, 1.165) is 22.7 Å². The highest BCUT2D eigenvalue weighted by molar-refractivity contribution is 6.30. The monoisotopic (exact) mass is 263 g/mol. The maximum absolute atomic E-state index is 5.93. The van der Waals surface area contributed by atoms with E-state index in [1.165, 1.54) is 32.1 Å². The van der Waals surface area contributed by atoms with Crippen LogP contribution >= 0.6 is 11.6 Å².